The molecule has 1 aromatic heterocycles. The Hall–Kier alpha value is -4.22. The van der Waals surface area contributed by atoms with Gasteiger partial charge in [0, 0.05) is 24.4 Å². The van der Waals surface area contributed by atoms with E-state index in [0.717, 1.165) is 15.4 Å². The van der Waals surface area contributed by atoms with E-state index in [1.165, 1.54) is 33.2 Å². The number of alkyl halides is 6. The maximum absolute atomic E-state index is 14.0. The highest BCUT2D eigenvalue weighted by molar-refractivity contribution is 6.17. The Labute approximate surface area is 256 Å². The first-order valence-electron chi connectivity index (χ1n) is 14.4. The van der Waals surface area contributed by atoms with Gasteiger partial charge in [0.1, 0.15) is 5.82 Å². The summed E-state index contributed by atoms with van der Waals surface area (Å²) >= 11 is 0. The van der Waals surface area contributed by atoms with Crippen LogP contribution in [0.1, 0.15) is 61.8 Å². The molecule has 12 heteroatoms. The Morgan fingerprint density at radius 1 is 0.756 bits per heavy atom. The topological polar surface area (TPSA) is 70.6 Å². The summed E-state index contributed by atoms with van der Waals surface area (Å²) in [5.74, 6) is -1.99. The van der Waals surface area contributed by atoms with Crippen LogP contribution >= 0.6 is 0 Å². The molecule has 3 amide bonds. The summed E-state index contributed by atoms with van der Waals surface area (Å²) in [5, 5.41) is 0. The number of nitrogens with zero attached hydrogens (tertiary/aromatic N) is 3. The first-order valence-corrected chi connectivity index (χ1v) is 14.4. The molecule has 238 valence electrons. The van der Waals surface area contributed by atoms with Crippen molar-refractivity contribution in [2.45, 2.75) is 64.2 Å². The fraction of sp³-hybridized carbons (Fsp3) is 0.394. The van der Waals surface area contributed by atoms with E-state index in [1.54, 1.807) is 18.2 Å². The van der Waals surface area contributed by atoms with Crippen molar-refractivity contribution in [2.75, 3.05) is 16.8 Å². The highest BCUT2D eigenvalue weighted by atomic mass is 19.4. The standard InChI is InChI=1S/C33H31F6N3O3/c1-18-7-5-6-8-24(18)25-16-27(42(28(43)19-9-10-19)29(44)20-11-12-20)40-17-26(25)41(4)30(45)31(2,3)21-13-22(32(34,35)36)15-23(14-21)33(37,38)39/h5-8,13-17,19-20H,9-12H2,1-4H3. The molecule has 0 bridgehead atoms. The zero-order valence-corrected chi connectivity index (χ0v) is 25.0. The first kappa shape index (κ1) is 32.2. The summed E-state index contributed by atoms with van der Waals surface area (Å²) in [6, 6.07) is 9.77. The van der Waals surface area contributed by atoms with Crippen molar-refractivity contribution in [1.82, 2.24) is 4.98 Å². The van der Waals surface area contributed by atoms with Crippen LogP contribution in [-0.2, 0) is 32.2 Å². The van der Waals surface area contributed by atoms with Gasteiger partial charge < -0.3 is 4.90 Å². The smallest absolute Gasteiger partial charge is 0.313 e. The molecule has 2 aliphatic carbocycles. The minimum Gasteiger partial charge on any atom is -0.313 e. The Bertz CT molecular complexity index is 1620. The third-order valence-corrected chi connectivity index (χ3v) is 8.34. The normalized spacial score (nSPS) is 15.5. The molecule has 2 saturated carbocycles. The number of halogens is 6. The van der Waals surface area contributed by atoms with Gasteiger partial charge in [-0.2, -0.15) is 26.3 Å². The highest BCUT2D eigenvalue weighted by Crippen LogP contribution is 2.43. The quantitative estimate of drug-likeness (QED) is 0.198. The van der Waals surface area contributed by atoms with Crippen LogP contribution < -0.4 is 9.80 Å². The number of hydrogen-bond acceptors (Lipinski definition) is 4. The van der Waals surface area contributed by atoms with Crippen LogP contribution in [0, 0.1) is 18.8 Å². The summed E-state index contributed by atoms with van der Waals surface area (Å²) in [5.41, 5.74) is -3.38. The van der Waals surface area contributed by atoms with E-state index in [9.17, 15) is 40.7 Å². The Balaban J connectivity index is 1.61. The van der Waals surface area contributed by atoms with E-state index >= 15 is 0 Å². The third kappa shape index (κ3) is 6.46. The molecule has 2 aromatic carbocycles. The van der Waals surface area contributed by atoms with E-state index in [2.05, 4.69) is 4.98 Å². The average Bonchev–Trinajstić information content (AvgIpc) is 3.89. The molecule has 45 heavy (non-hydrogen) atoms. The number of imide groups is 1. The summed E-state index contributed by atoms with van der Waals surface area (Å²) in [6.45, 7) is 4.32. The number of carbonyl (C=O) groups is 3. The predicted molar refractivity (Wildman–Crippen MR) is 155 cm³/mol. The lowest BCUT2D eigenvalue weighted by Gasteiger charge is -2.32. The van der Waals surface area contributed by atoms with Crippen LogP contribution in [0.5, 0.6) is 0 Å². The molecule has 2 fully saturated rings. The number of benzene rings is 2. The molecule has 0 atom stereocenters. The fourth-order valence-electron chi connectivity index (χ4n) is 5.25. The maximum Gasteiger partial charge on any atom is 0.416 e. The van der Waals surface area contributed by atoms with E-state index in [0.29, 0.717) is 48.9 Å². The van der Waals surface area contributed by atoms with Crippen LogP contribution in [0.3, 0.4) is 0 Å². The Kier molecular flexibility index (Phi) is 8.08. The van der Waals surface area contributed by atoms with Gasteiger partial charge in [-0.25, -0.2) is 9.88 Å². The van der Waals surface area contributed by atoms with Crippen LogP contribution in [-0.4, -0.2) is 29.8 Å². The molecular weight excluding hydrogens is 600 g/mol. The van der Waals surface area contributed by atoms with Gasteiger partial charge >= 0.3 is 12.4 Å². The van der Waals surface area contributed by atoms with Crippen LogP contribution in [0.2, 0.25) is 0 Å². The number of hydrogen-bond donors (Lipinski definition) is 0. The van der Waals surface area contributed by atoms with Gasteiger partial charge in [0.15, 0.2) is 0 Å². The van der Waals surface area contributed by atoms with Gasteiger partial charge in [0.2, 0.25) is 17.7 Å². The summed E-state index contributed by atoms with van der Waals surface area (Å²) in [7, 11) is 1.35. The number of carbonyl (C=O) groups excluding carboxylic acids is 3. The lowest BCUT2D eigenvalue weighted by Crippen LogP contribution is -2.42. The lowest BCUT2D eigenvalue weighted by molar-refractivity contribution is -0.143. The SMILES string of the molecule is Cc1ccccc1-c1cc(N(C(=O)C2CC2)C(=O)C2CC2)ncc1N(C)C(=O)C(C)(C)c1cc(C(F)(F)F)cc(C(F)(F)F)c1. The molecule has 0 N–H and O–H groups in total. The molecule has 0 unspecified atom stereocenters. The first-order chi connectivity index (χ1) is 20.9. The monoisotopic (exact) mass is 631 g/mol. The third-order valence-electron chi connectivity index (χ3n) is 8.34. The molecule has 5 rings (SSSR count). The molecule has 0 saturated heterocycles. The Morgan fingerprint density at radius 3 is 1.71 bits per heavy atom. The van der Waals surface area contributed by atoms with Gasteiger partial charge in [-0.15, -0.1) is 0 Å². The second-order valence-corrected chi connectivity index (χ2v) is 12.2. The van der Waals surface area contributed by atoms with Gasteiger partial charge in [0.05, 0.1) is 28.4 Å². The molecule has 0 spiro atoms. The average molecular weight is 632 g/mol. The summed E-state index contributed by atoms with van der Waals surface area (Å²) in [6.07, 6.45) is -6.23. The highest BCUT2D eigenvalue weighted by Gasteiger charge is 2.44. The number of amides is 3. The number of pyridine rings is 1. The van der Waals surface area contributed by atoms with Crippen molar-refractivity contribution in [1.29, 1.82) is 0 Å². The second-order valence-electron chi connectivity index (χ2n) is 12.2. The number of aromatic nitrogens is 1. The lowest BCUT2D eigenvalue weighted by atomic mass is 9.81. The van der Waals surface area contributed by atoms with Crippen molar-refractivity contribution in [3.63, 3.8) is 0 Å². The van der Waals surface area contributed by atoms with Crippen LogP contribution in [0.15, 0.2) is 54.7 Å². The van der Waals surface area contributed by atoms with Crippen molar-refractivity contribution >= 4 is 29.2 Å². The zero-order chi connectivity index (χ0) is 33.1. The van der Waals surface area contributed by atoms with Crippen LogP contribution in [0.4, 0.5) is 37.8 Å². The number of likely N-dealkylation sites (N-methyl/N-ethyl adjacent to an activating group) is 1. The zero-order valence-electron chi connectivity index (χ0n) is 25.0. The summed E-state index contributed by atoms with van der Waals surface area (Å²) < 4.78 is 81.8. The van der Waals surface area contributed by atoms with Gasteiger partial charge in [-0.05, 0) is 87.4 Å². The minimum atomic E-state index is -5.08. The van der Waals surface area contributed by atoms with E-state index in [1.807, 2.05) is 13.0 Å². The van der Waals surface area contributed by atoms with Gasteiger partial charge in [0.25, 0.3) is 0 Å². The molecule has 2 aliphatic rings. The predicted octanol–water partition coefficient (Wildman–Crippen LogP) is 7.71. The second kappa shape index (κ2) is 11.3. The van der Waals surface area contributed by atoms with Crippen LogP contribution in [0.25, 0.3) is 11.1 Å². The molecule has 6 nitrogen and oxygen atoms in total. The van der Waals surface area contributed by atoms with Crippen molar-refractivity contribution in [3.05, 3.63) is 77.0 Å². The van der Waals surface area contributed by atoms with E-state index < -0.39 is 40.4 Å². The van der Waals surface area contributed by atoms with Crippen molar-refractivity contribution in [2.24, 2.45) is 11.8 Å². The van der Waals surface area contributed by atoms with E-state index in [4.69, 9.17) is 0 Å². The van der Waals surface area contributed by atoms with E-state index in [-0.39, 0.29) is 41.2 Å². The summed E-state index contributed by atoms with van der Waals surface area (Å²) in [4.78, 5) is 47.1. The van der Waals surface area contributed by atoms with Crippen molar-refractivity contribution in [3.8, 4) is 11.1 Å². The Morgan fingerprint density at radius 2 is 1.24 bits per heavy atom. The molecular formula is C33H31F6N3O3. The molecule has 0 aliphatic heterocycles. The largest absolute Gasteiger partial charge is 0.416 e. The number of rotatable bonds is 7. The molecule has 1 heterocycles. The minimum absolute atomic E-state index is 0.0182. The molecule has 0 radical (unpaired) electrons. The molecule has 3 aromatic rings. The van der Waals surface area contributed by atoms with Crippen molar-refractivity contribution < 1.29 is 40.7 Å². The fourth-order valence-corrected chi connectivity index (χ4v) is 5.25. The van der Waals surface area contributed by atoms with Gasteiger partial charge in [-0.3, -0.25) is 14.4 Å². The number of aryl methyl sites for hydroxylation is 1. The number of anilines is 2. The maximum atomic E-state index is 14.0. The van der Waals surface area contributed by atoms with Gasteiger partial charge in [-0.1, -0.05) is 24.3 Å².